The van der Waals surface area contributed by atoms with Crippen LogP contribution in [0, 0.1) is 0 Å². The summed E-state index contributed by atoms with van der Waals surface area (Å²) >= 11 is 13.7. The van der Waals surface area contributed by atoms with Crippen LogP contribution in [-0.4, -0.2) is 4.98 Å². The minimum atomic E-state index is -0.0278. The van der Waals surface area contributed by atoms with Crippen LogP contribution in [0.1, 0.15) is 18.5 Å². The van der Waals surface area contributed by atoms with Crippen molar-refractivity contribution in [3.63, 3.8) is 0 Å². The Morgan fingerprint density at radius 2 is 2.00 bits per heavy atom. The molecule has 2 rings (SSSR count). The van der Waals surface area contributed by atoms with Gasteiger partial charge in [-0.2, -0.15) is 0 Å². The SMILES string of the molecule is C[C@@H](N)c1ccc(Sc2ncccc2Cl)c(Cl)c1. The number of benzene rings is 1. The lowest BCUT2D eigenvalue weighted by Crippen LogP contribution is -2.04. The zero-order valence-electron chi connectivity index (χ0n) is 9.73. The standard InChI is InChI=1S/C13H12Cl2N2S/c1-8(16)9-4-5-12(11(15)7-9)18-13-10(14)3-2-6-17-13/h2-8H,16H2,1H3/t8-/m1/s1. The number of halogens is 2. The van der Waals surface area contributed by atoms with Crippen LogP contribution in [0.3, 0.4) is 0 Å². The molecule has 1 heterocycles. The van der Waals surface area contributed by atoms with Crippen LogP contribution in [0.25, 0.3) is 0 Å². The van der Waals surface area contributed by atoms with Gasteiger partial charge in [0.15, 0.2) is 0 Å². The number of hydrogen-bond donors (Lipinski definition) is 1. The highest BCUT2D eigenvalue weighted by atomic mass is 35.5. The highest BCUT2D eigenvalue weighted by Gasteiger charge is 2.09. The summed E-state index contributed by atoms with van der Waals surface area (Å²) in [5, 5.41) is 2.03. The molecule has 0 aliphatic rings. The summed E-state index contributed by atoms with van der Waals surface area (Å²) in [5.74, 6) is 0. The third-order valence-electron chi connectivity index (χ3n) is 2.41. The van der Waals surface area contributed by atoms with Crippen LogP contribution in [0.2, 0.25) is 10.0 Å². The van der Waals surface area contributed by atoms with Gasteiger partial charge in [0.25, 0.3) is 0 Å². The summed E-state index contributed by atoms with van der Waals surface area (Å²) in [6.07, 6.45) is 1.71. The Bertz CT molecular complexity index is 558. The first-order valence-corrected chi connectivity index (χ1v) is 6.98. The fourth-order valence-corrected chi connectivity index (χ4v) is 2.76. The van der Waals surface area contributed by atoms with Gasteiger partial charge in [0.2, 0.25) is 0 Å². The molecule has 0 aliphatic carbocycles. The predicted molar refractivity (Wildman–Crippen MR) is 77.4 cm³/mol. The van der Waals surface area contributed by atoms with Crippen molar-refractivity contribution in [2.45, 2.75) is 22.9 Å². The minimum absolute atomic E-state index is 0.0278. The van der Waals surface area contributed by atoms with Gasteiger partial charge in [-0.15, -0.1) is 0 Å². The molecule has 1 aromatic heterocycles. The molecule has 0 amide bonds. The van der Waals surface area contributed by atoms with E-state index in [4.69, 9.17) is 28.9 Å². The molecule has 0 spiro atoms. The van der Waals surface area contributed by atoms with Gasteiger partial charge in [0, 0.05) is 17.1 Å². The predicted octanol–water partition coefficient (Wildman–Crippen LogP) is 4.56. The maximum absolute atomic E-state index is 6.23. The molecule has 1 aromatic carbocycles. The van der Waals surface area contributed by atoms with Gasteiger partial charge in [-0.05, 0) is 36.8 Å². The van der Waals surface area contributed by atoms with Crippen LogP contribution in [-0.2, 0) is 0 Å². The van der Waals surface area contributed by atoms with E-state index in [0.29, 0.717) is 10.0 Å². The van der Waals surface area contributed by atoms with Crippen molar-refractivity contribution in [1.82, 2.24) is 4.98 Å². The van der Waals surface area contributed by atoms with E-state index >= 15 is 0 Å². The molecule has 0 fully saturated rings. The van der Waals surface area contributed by atoms with Crippen LogP contribution < -0.4 is 5.73 Å². The Balaban J connectivity index is 2.28. The van der Waals surface area contributed by atoms with Gasteiger partial charge in [-0.25, -0.2) is 4.98 Å². The first-order chi connectivity index (χ1) is 8.58. The maximum atomic E-state index is 6.23. The van der Waals surface area contributed by atoms with Gasteiger partial charge < -0.3 is 5.73 Å². The summed E-state index contributed by atoms with van der Waals surface area (Å²) in [4.78, 5) is 5.14. The average Bonchev–Trinajstić information content (AvgIpc) is 2.34. The van der Waals surface area contributed by atoms with E-state index in [2.05, 4.69) is 4.98 Å². The van der Waals surface area contributed by atoms with E-state index < -0.39 is 0 Å². The van der Waals surface area contributed by atoms with Crippen molar-refractivity contribution in [1.29, 1.82) is 0 Å². The Morgan fingerprint density at radius 1 is 1.22 bits per heavy atom. The maximum Gasteiger partial charge on any atom is 0.119 e. The second-order valence-corrected chi connectivity index (χ2v) is 5.72. The van der Waals surface area contributed by atoms with E-state index in [1.165, 1.54) is 11.8 Å². The second-order valence-electron chi connectivity index (χ2n) is 3.87. The smallest absolute Gasteiger partial charge is 0.119 e. The summed E-state index contributed by atoms with van der Waals surface area (Å²) < 4.78 is 0. The average molecular weight is 299 g/mol. The third kappa shape index (κ3) is 3.18. The fraction of sp³-hybridized carbons (Fsp3) is 0.154. The molecule has 94 valence electrons. The van der Waals surface area contributed by atoms with Crippen molar-refractivity contribution in [2.75, 3.05) is 0 Å². The number of nitrogens with two attached hydrogens (primary N) is 1. The molecule has 2 aromatic rings. The normalized spacial score (nSPS) is 12.4. The van der Waals surface area contributed by atoms with Crippen LogP contribution in [0.4, 0.5) is 0 Å². The molecular formula is C13H12Cl2N2S. The second kappa shape index (κ2) is 5.93. The number of aromatic nitrogens is 1. The Hall–Kier alpha value is -0.740. The summed E-state index contributed by atoms with van der Waals surface area (Å²) in [5.41, 5.74) is 6.82. The molecular weight excluding hydrogens is 287 g/mol. The Morgan fingerprint density at radius 3 is 2.61 bits per heavy atom. The number of rotatable bonds is 3. The summed E-state index contributed by atoms with van der Waals surface area (Å²) in [6.45, 7) is 1.92. The lowest BCUT2D eigenvalue weighted by molar-refractivity contribution is 0.817. The molecule has 1 atom stereocenters. The highest BCUT2D eigenvalue weighted by molar-refractivity contribution is 7.99. The Kier molecular flexibility index (Phi) is 4.51. The molecule has 0 bridgehead atoms. The van der Waals surface area contributed by atoms with Crippen LogP contribution in [0.15, 0.2) is 46.5 Å². The summed E-state index contributed by atoms with van der Waals surface area (Å²) in [6, 6.07) is 9.37. The number of pyridine rings is 1. The number of hydrogen-bond acceptors (Lipinski definition) is 3. The molecule has 0 radical (unpaired) electrons. The molecule has 0 unspecified atom stereocenters. The third-order valence-corrected chi connectivity index (χ3v) is 4.35. The molecule has 5 heteroatoms. The van der Waals surface area contributed by atoms with Crippen molar-refractivity contribution >= 4 is 35.0 Å². The van der Waals surface area contributed by atoms with Gasteiger partial charge in [-0.1, -0.05) is 41.0 Å². The first kappa shape index (κ1) is 13.7. The zero-order chi connectivity index (χ0) is 13.1. The van der Waals surface area contributed by atoms with Gasteiger partial charge in [0.05, 0.1) is 10.0 Å². The van der Waals surface area contributed by atoms with Crippen molar-refractivity contribution in [3.05, 3.63) is 52.1 Å². The van der Waals surface area contributed by atoms with Gasteiger partial charge in [-0.3, -0.25) is 0 Å². The monoisotopic (exact) mass is 298 g/mol. The molecule has 2 N–H and O–H groups in total. The van der Waals surface area contributed by atoms with E-state index in [-0.39, 0.29) is 6.04 Å². The summed E-state index contributed by atoms with van der Waals surface area (Å²) in [7, 11) is 0. The zero-order valence-corrected chi connectivity index (χ0v) is 12.1. The quantitative estimate of drug-likeness (QED) is 0.903. The van der Waals surface area contributed by atoms with E-state index in [1.54, 1.807) is 18.3 Å². The van der Waals surface area contributed by atoms with Crippen molar-refractivity contribution in [2.24, 2.45) is 5.73 Å². The Labute approximate surface area is 121 Å². The van der Waals surface area contributed by atoms with Crippen LogP contribution >= 0.6 is 35.0 Å². The van der Waals surface area contributed by atoms with Gasteiger partial charge in [0.1, 0.15) is 5.03 Å². The number of nitrogens with zero attached hydrogens (tertiary/aromatic N) is 1. The van der Waals surface area contributed by atoms with Crippen molar-refractivity contribution < 1.29 is 0 Å². The molecule has 0 saturated heterocycles. The lowest BCUT2D eigenvalue weighted by atomic mass is 10.1. The van der Waals surface area contributed by atoms with E-state index in [9.17, 15) is 0 Å². The fourth-order valence-electron chi connectivity index (χ4n) is 1.43. The molecule has 2 nitrogen and oxygen atoms in total. The van der Waals surface area contributed by atoms with Crippen molar-refractivity contribution in [3.8, 4) is 0 Å². The highest BCUT2D eigenvalue weighted by Crippen LogP contribution is 2.36. The van der Waals surface area contributed by atoms with E-state index in [1.807, 2.05) is 25.1 Å². The van der Waals surface area contributed by atoms with E-state index in [0.717, 1.165) is 15.5 Å². The largest absolute Gasteiger partial charge is 0.324 e. The molecule has 18 heavy (non-hydrogen) atoms. The molecule has 0 saturated carbocycles. The van der Waals surface area contributed by atoms with Crippen LogP contribution in [0.5, 0.6) is 0 Å². The van der Waals surface area contributed by atoms with Gasteiger partial charge >= 0.3 is 0 Å². The first-order valence-electron chi connectivity index (χ1n) is 5.41. The molecule has 0 aliphatic heterocycles. The topological polar surface area (TPSA) is 38.9 Å². The lowest BCUT2D eigenvalue weighted by Gasteiger charge is -2.09. The minimum Gasteiger partial charge on any atom is -0.324 e.